The molecule has 1 aliphatic rings. The number of nitrogens with zero attached hydrogens (tertiary/aromatic N) is 1. The van der Waals surface area contributed by atoms with Gasteiger partial charge in [0.1, 0.15) is 5.82 Å². The molecule has 0 aliphatic heterocycles. The van der Waals surface area contributed by atoms with Gasteiger partial charge in [-0.25, -0.2) is 4.39 Å². The van der Waals surface area contributed by atoms with Crippen molar-refractivity contribution < 1.29 is 4.39 Å². The third-order valence-electron chi connectivity index (χ3n) is 4.03. The normalized spacial score (nSPS) is 28.7. The lowest BCUT2D eigenvalue weighted by Crippen LogP contribution is -2.37. The molecule has 0 saturated heterocycles. The molecular formula is C14H21FN2. The maximum atomic E-state index is 13.8. The summed E-state index contributed by atoms with van der Waals surface area (Å²) in [5.74, 6) is -0.269. The maximum Gasteiger partial charge on any atom is 0.146 e. The molecule has 0 bridgehead atoms. The van der Waals surface area contributed by atoms with Crippen LogP contribution in [-0.4, -0.2) is 4.98 Å². The van der Waals surface area contributed by atoms with Crippen molar-refractivity contribution in [2.75, 3.05) is 0 Å². The van der Waals surface area contributed by atoms with Crippen LogP contribution in [0, 0.1) is 11.2 Å². The van der Waals surface area contributed by atoms with Crippen molar-refractivity contribution in [1.29, 1.82) is 0 Å². The Hall–Kier alpha value is -0.960. The molecule has 1 heterocycles. The van der Waals surface area contributed by atoms with Gasteiger partial charge in [-0.2, -0.15) is 0 Å². The predicted molar refractivity (Wildman–Crippen MR) is 66.9 cm³/mol. The molecule has 94 valence electrons. The van der Waals surface area contributed by atoms with Crippen LogP contribution in [0.5, 0.6) is 0 Å². The highest BCUT2D eigenvalue weighted by atomic mass is 19.1. The van der Waals surface area contributed by atoms with E-state index in [-0.39, 0.29) is 5.82 Å². The van der Waals surface area contributed by atoms with Gasteiger partial charge in [0.25, 0.3) is 0 Å². The molecule has 1 fully saturated rings. The van der Waals surface area contributed by atoms with Gasteiger partial charge in [-0.3, -0.25) is 4.98 Å². The summed E-state index contributed by atoms with van der Waals surface area (Å²) >= 11 is 0. The van der Waals surface area contributed by atoms with Crippen LogP contribution in [0.4, 0.5) is 4.39 Å². The van der Waals surface area contributed by atoms with Crippen LogP contribution in [-0.2, 0) is 5.54 Å². The molecule has 1 atom stereocenters. The van der Waals surface area contributed by atoms with Crippen LogP contribution in [0.2, 0.25) is 0 Å². The third kappa shape index (κ3) is 2.65. The van der Waals surface area contributed by atoms with Crippen molar-refractivity contribution in [3.05, 3.63) is 29.8 Å². The number of hydrogen-bond acceptors (Lipinski definition) is 2. The summed E-state index contributed by atoms with van der Waals surface area (Å²) in [7, 11) is 0. The SMILES string of the molecule is CC1(C)CCCC(N)(c2ccncc2F)CC1. The van der Waals surface area contributed by atoms with Gasteiger partial charge in [0.05, 0.1) is 6.20 Å². The zero-order valence-electron chi connectivity index (χ0n) is 10.7. The third-order valence-corrected chi connectivity index (χ3v) is 4.03. The fourth-order valence-electron chi connectivity index (χ4n) is 2.74. The van der Waals surface area contributed by atoms with Crippen LogP contribution in [0.25, 0.3) is 0 Å². The fourth-order valence-corrected chi connectivity index (χ4v) is 2.74. The van der Waals surface area contributed by atoms with Crippen LogP contribution >= 0.6 is 0 Å². The first kappa shape index (κ1) is 12.5. The highest BCUT2D eigenvalue weighted by Crippen LogP contribution is 2.41. The maximum absolute atomic E-state index is 13.8. The smallest absolute Gasteiger partial charge is 0.146 e. The van der Waals surface area contributed by atoms with Gasteiger partial charge in [-0.05, 0) is 37.2 Å². The predicted octanol–water partition coefficient (Wildman–Crippen LogP) is 3.37. The molecular weight excluding hydrogens is 215 g/mol. The van der Waals surface area contributed by atoms with Gasteiger partial charge >= 0.3 is 0 Å². The average Bonchev–Trinajstić information content (AvgIpc) is 2.40. The van der Waals surface area contributed by atoms with E-state index < -0.39 is 5.54 Å². The van der Waals surface area contributed by atoms with E-state index in [1.165, 1.54) is 12.6 Å². The molecule has 2 nitrogen and oxygen atoms in total. The Bertz CT molecular complexity index is 403. The van der Waals surface area contributed by atoms with E-state index in [2.05, 4.69) is 18.8 Å². The van der Waals surface area contributed by atoms with E-state index >= 15 is 0 Å². The lowest BCUT2D eigenvalue weighted by molar-refractivity contribution is 0.296. The Balaban J connectivity index is 2.28. The Labute approximate surface area is 102 Å². The Kier molecular flexibility index (Phi) is 3.21. The van der Waals surface area contributed by atoms with E-state index in [0.717, 1.165) is 25.7 Å². The Morgan fingerprint density at radius 3 is 2.71 bits per heavy atom. The average molecular weight is 236 g/mol. The van der Waals surface area contributed by atoms with E-state index in [4.69, 9.17) is 5.73 Å². The molecule has 2 rings (SSSR count). The van der Waals surface area contributed by atoms with Crippen molar-refractivity contribution >= 4 is 0 Å². The summed E-state index contributed by atoms with van der Waals surface area (Å²) in [6.45, 7) is 4.53. The highest BCUT2D eigenvalue weighted by molar-refractivity contribution is 5.23. The second-order valence-electron chi connectivity index (χ2n) is 6.03. The zero-order chi connectivity index (χ0) is 12.5. The minimum Gasteiger partial charge on any atom is -0.321 e. The minimum absolute atomic E-state index is 0.269. The standard InChI is InChI=1S/C14H21FN2/c1-13(2)5-3-6-14(16,8-7-13)11-4-9-17-10-12(11)15/h4,9-10H,3,5-8,16H2,1-2H3. The van der Waals surface area contributed by atoms with Gasteiger partial charge in [0.2, 0.25) is 0 Å². The Morgan fingerprint density at radius 1 is 1.24 bits per heavy atom. The summed E-state index contributed by atoms with van der Waals surface area (Å²) in [6, 6.07) is 1.73. The van der Waals surface area contributed by atoms with Crippen LogP contribution in [0.3, 0.4) is 0 Å². The minimum atomic E-state index is -0.513. The number of aromatic nitrogens is 1. The molecule has 1 aromatic rings. The highest BCUT2D eigenvalue weighted by Gasteiger charge is 2.35. The summed E-state index contributed by atoms with van der Waals surface area (Å²) < 4.78 is 13.8. The lowest BCUT2D eigenvalue weighted by Gasteiger charge is -2.29. The van der Waals surface area contributed by atoms with Crippen molar-refractivity contribution in [3.63, 3.8) is 0 Å². The summed E-state index contributed by atoms with van der Waals surface area (Å²) in [5, 5.41) is 0. The number of halogens is 1. The summed E-state index contributed by atoms with van der Waals surface area (Å²) in [4.78, 5) is 3.79. The first-order valence-corrected chi connectivity index (χ1v) is 6.32. The van der Waals surface area contributed by atoms with Crippen molar-refractivity contribution in [1.82, 2.24) is 4.98 Å². The van der Waals surface area contributed by atoms with E-state index in [1.807, 2.05) is 0 Å². The summed E-state index contributed by atoms with van der Waals surface area (Å²) in [6.07, 6.45) is 7.87. The number of hydrogen-bond donors (Lipinski definition) is 1. The van der Waals surface area contributed by atoms with Gasteiger partial charge in [-0.1, -0.05) is 20.3 Å². The Morgan fingerprint density at radius 2 is 2.00 bits per heavy atom. The molecule has 0 aromatic carbocycles. The second kappa shape index (κ2) is 4.37. The van der Waals surface area contributed by atoms with Crippen molar-refractivity contribution in [2.24, 2.45) is 11.1 Å². The van der Waals surface area contributed by atoms with E-state index in [1.54, 1.807) is 12.3 Å². The van der Waals surface area contributed by atoms with E-state index in [0.29, 0.717) is 11.0 Å². The molecule has 17 heavy (non-hydrogen) atoms. The van der Waals surface area contributed by atoms with Crippen LogP contribution < -0.4 is 5.73 Å². The molecule has 1 saturated carbocycles. The first-order chi connectivity index (χ1) is 7.93. The number of rotatable bonds is 1. The number of pyridine rings is 1. The molecule has 0 amide bonds. The molecule has 0 radical (unpaired) electrons. The van der Waals surface area contributed by atoms with Gasteiger partial charge < -0.3 is 5.73 Å². The van der Waals surface area contributed by atoms with E-state index in [9.17, 15) is 4.39 Å². The topological polar surface area (TPSA) is 38.9 Å². The fraction of sp³-hybridized carbons (Fsp3) is 0.643. The largest absolute Gasteiger partial charge is 0.321 e. The summed E-state index contributed by atoms with van der Waals surface area (Å²) in [5.41, 5.74) is 6.88. The molecule has 1 aromatic heterocycles. The molecule has 3 heteroatoms. The molecule has 0 spiro atoms. The van der Waals surface area contributed by atoms with Crippen molar-refractivity contribution in [2.45, 2.75) is 51.5 Å². The second-order valence-corrected chi connectivity index (χ2v) is 6.03. The quantitative estimate of drug-likeness (QED) is 0.759. The van der Waals surface area contributed by atoms with Gasteiger partial charge in [-0.15, -0.1) is 0 Å². The van der Waals surface area contributed by atoms with Gasteiger partial charge in [0, 0.05) is 17.3 Å². The first-order valence-electron chi connectivity index (χ1n) is 6.32. The zero-order valence-corrected chi connectivity index (χ0v) is 10.7. The van der Waals surface area contributed by atoms with Crippen LogP contribution in [0.15, 0.2) is 18.5 Å². The van der Waals surface area contributed by atoms with Crippen molar-refractivity contribution in [3.8, 4) is 0 Å². The van der Waals surface area contributed by atoms with Crippen LogP contribution in [0.1, 0.15) is 51.5 Å². The number of nitrogens with two attached hydrogens (primary N) is 1. The lowest BCUT2D eigenvalue weighted by atomic mass is 9.81. The molecule has 2 N–H and O–H groups in total. The molecule has 1 unspecified atom stereocenters. The van der Waals surface area contributed by atoms with Gasteiger partial charge in [0.15, 0.2) is 0 Å². The molecule has 1 aliphatic carbocycles. The monoisotopic (exact) mass is 236 g/mol.